The Morgan fingerprint density at radius 2 is 1.66 bits per heavy atom. The zero-order valence-electron chi connectivity index (χ0n) is 19.5. The molecule has 1 amide bonds. The molecule has 2 aromatic rings. The fraction of sp³-hybridized carbons (Fsp3) is 0.375. The Morgan fingerprint density at radius 1 is 1.03 bits per heavy atom. The first kappa shape index (κ1) is 26.8. The lowest BCUT2D eigenvalue weighted by atomic mass is 9.93. The van der Waals surface area contributed by atoms with Gasteiger partial charge in [0.05, 0.1) is 22.2 Å². The number of nitrogens with zero attached hydrogens (tertiary/aromatic N) is 2. The van der Waals surface area contributed by atoms with Gasteiger partial charge in [0.15, 0.2) is 11.6 Å². The summed E-state index contributed by atoms with van der Waals surface area (Å²) in [4.78, 5) is 39.4. The van der Waals surface area contributed by atoms with Crippen molar-refractivity contribution >= 4 is 51.8 Å². The molecule has 3 N–H and O–H groups in total. The predicted molar refractivity (Wildman–Crippen MR) is 134 cm³/mol. The minimum absolute atomic E-state index is 0.167. The van der Waals surface area contributed by atoms with Gasteiger partial charge >= 0.3 is 11.9 Å². The van der Waals surface area contributed by atoms with Crippen molar-refractivity contribution in [3.63, 3.8) is 0 Å². The molecule has 0 radical (unpaired) electrons. The number of rotatable bonds is 7. The largest absolute Gasteiger partial charge is 0.481 e. The van der Waals surface area contributed by atoms with E-state index in [4.69, 9.17) is 0 Å². The Hall–Kier alpha value is -2.80. The second-order valence-electron chi connectivity index (χ2n) is 9.12. The highest BCUT2D eigenvalue weighted by molar-refractivity contribution is 14.1. The molecular weight excluding hydrogens is 575 g/mol. The molecule has 0 aliphatic carbocycles. The minimum Gasteiger partial charge on any atom is -0.481 e. The lowest BCUT2D eigenvalue weighted by Crippen LogP contribution is -2.52. The average Bonchev–Trinajstić information content (AvgIpc) is 2.78. The third kappa shape index (κ3) is 5.89. The quantitative estimate of drug-likeness (QED) is 0.409. The van der Waals surface area contributed by atoms with Gasteiger partial charge in [0.1, 0.15) is 0 Å². The fourth-order valence-electron chi connectivity index (χ4n) is 3.88. The van der Waals surface area contributed by atoms with E-state index in [1.165, 1.54) is 4.90 Å². The number of hydrogen-bond acceptors (Lipinski definition) is 5. The lowest BCUT2D eigenvalue weighted by Gasteiger charge is -2.37. The van der Waals surface area contributed by atoms with Crippen LogP contribution in [0, 0.1) is 27.5 Å². The molecule has 1 aliphatic heterocycles. The molecule has 11 heteroatoms. The standard InChI is InChI=1S/C24H26F2IN3O5/c1-13-10-14(27)4-5-17(13)28-20-16(22(32)33)11-15(18(25)19(20)26)21(31)30-8-6-29(7-9-30)12-24(2,3)23(34)35/h4-5,10-11,28H,6-9,12H2,1-3H3,(H,32,33)(H,34,35). The molecular formula is C24H26F2IN3O5. The van der Waals surface area contributed by atoms with Crippen LogP contribution in [-0.4, -0.2) is 70.6 Å². The number of benzene rings is 2. The van der Waals surface area contributed by atoms with E-state index < -0.39 is 51.7 Å². The second-order valence-corrected chi connectivity index (χ2v) is 10.4. The summed E-state index contributed by atoms with van der Waals surface area (Å²) in [5.74, 6) is -6.15. The van der Waals surface area contributed by atoms with Crippen LogP contribution in [-0.2, 0) is 4.79 Å². The summed E-state index contributed by atoms with van der Waals surface area (Å²) in [6, 6.07) is 6.02. The van der Waals surface area contributed by atoms with E-state index in [1.807, 2.05) is 4.90 Å². The van der Waals surface area contributed by atoms with Crippen LogP contribution in [0.4, 0.5) is 20.2 Å². The van der Waals surface area contributed by atoms with Gasteiger partial charge in [0.25, 0.3) is 5.91 Å². The molecule has 188 valence electrons. The van der Waals surface area contributed by atoms with E-state index in [0.29, 0.717) is 24.3 Å². The Morgan fingerprint density at radius 3 is 2.20 bits per heavy atom. The number of aromatic carboxylic acids is 1. The zero-order chi connectivity index (χ0) is 26.1. The third-order valence-corrected chi connectivity index (χ3v) is 6.64. The number of aliphatic carboxylic acids is 1. The van der Waals surface area contributed by atoms with Crippen LogP contribution >= 0.6 is 22.6 Å². The topological polar surface area (TPSA) is 110 Å². The Bertz CT molecular complexity index is 1180. The Kier molecular flexibility index (Phi) is 8.00. The van der Waals surface area contributed by atoms with Gasteiger partial charge in [-0.3, -0.25) is 14.5 Å². The van der Waals surface area contributed by atoms with Gasteiger partial charge in [-0.05, 0) is 73.2 Å². The number of carboxylic acid groups (broad SMARTS) is 2. The van der Waals surface area contributed by atoms with E-state index >= 15 is 8.78 Å². The molecule has 0 aromatic heterocycles. The molecule has 1 aliphatic rings. The zero-order valence-corrected chi connectivity index (χ0v) is 21.6. The number of nitrogens with one attached hydrogen (secondary N) is 1. The van der Waals surface area contributed by atoms with Crippen molar-refractivity contribution in [2.45, 2.75) is 20.8 Å². The number of piperazine rings is 1. The van der Waals surface area contributed by atoms with E-state index in [9.17, 15) is 24.6 Å². The smallest absolute Gasteiger partial charge is 0.337 e. The highest BCUT2D eigenvalue weighted by atomic mass is 127. The number of amides is 1. The maximum atomic E-state index is 15.1. The molecule has 0 atom stereocenters. The van der Waals surface area contributed by atoms with Crippen LogP contribution in [0.5, 0.6) is 0 Å². The SMILES string of the molecule is Cc1cc(I)ccc1Nc1c(C(=O)O)cc(C(=O)N2CCN(CC(C)(C)C(=O)O)CC2)c(F)c1F. The summed E-state index contributed by atoms with van der Waals surface area (Å²) in [5, 5.41) is 21.6. The molecule has 0 saturated carbocycles. The second kappa shape index (κ2) is 10.4. The third-order valence-electron chi connectivity index (χ3n) is 5.97. The predicted octanol–water partition coefficient (Wildman–Crippen LogP) is 4.19. The first-order chi connectivity index (χ1) is 16.3. The molecule has 1 heterocycles. The monoisotopic (exact) mass is 601 g/mol. The summed E-state index contributed by atoms with van der Waals surface area (Å²) >= 11 is 2.10. The summed E-state index contributed by atoms with van der Waals surface area (Å²) in [6.45, 7) is 6.26. The number of carbonyl (C=O) groups excluding carboxylic acids is 1. The van der Waals surface area contributed by atoms with Crippen molar-refractivity contribution in [3.05, 3.63) is 56.2 Å². The average molecular weight is 601 g/mol. The normalized spacial score (nSPS) is 14.6. The van der Waals surface area contributed by atoms with Crippen molar-refractivity contribution in [1.82, 2.24) is 9.80 Å². The Labute approximate surface area is 215 Å². The van der Waals surface area contributed by atoms with Gasteiger partial charge in [-0.15, -0.1) is 0 Å². The number of carbonyl (C=O) groups is 3. The van der Waals surface area contributed by atoms with Gasteiger partial charge in [-0.25, -0.2) is 13.6 Å². The number of halogens is 3. The van der Waals surface area contributed by atoms with Crippen LogP contribution < -0.4 is 5.32 Å². The maximum Gasteiger partial charge on any atom is 0.337 e. The fourth-order valence-corrected chi connectivity index (χ4v) is 4.53. The summed E-state index contributed by atoms with van der Waals surface area (Å²) in [7, 11) is 0. The molecule has 35 heavy (non-hydrogen) atoms. The number of anilines is 2. The Balaban J connectivity index is 1.85. The van der Waals surface area contributed by atoms with E-state index in [2.05, 4.69) is 27.9 Å². The molecule has 0 bridgehead atoms. The maximum absolute atomic E-state index is 15.1. The molecule has 2 aromatic carbocycles. The first-order valence-electron chi connectivity index (χ1n) is 10.9. The van der Waals surface area contributed by atoms with Crippen LogP contribution in [0.2, 0.25) is 0 Å². The molecule has 1 saturated heterocycles. The van der Waals surface area contributed by atoms with Crippen molar-refractivity contribution in [3.8, 4) is 0 Å². The summed E-state index contributed by atoms with van der Waals surface area (Å²) in [6.07, 6.45) is 0. The molecule has 0 spiro atoms. The van der Waals surface area contributed by atoms with Gasteiger partial charge in [-0.2, -0.15) is 0 Å². The van der Waals surface area contributed by atoms with Gasteiger partial charge in [0, 0.05) is 42.0 Å². The minimum atomic E-state index is -1.51. The van der Waals surface area contributed by atoms with Crippen LogP contribution in [0.15, 0.2) is 24.3 Å². The van der Waals surface area contributed by atoms with Gasteiger partial charge in [-0.1, -0.05) is 0 Å². The summed E-state index contributed by atoms with van der Waals surface area (Å²) < 4.78 is 31.0. The number of carboxylic acids is 2. The van der Waals surface area contributed by atoms with Crippen molar-refractivity contribution < 1.29 is 33.4 Å². The summed E-state index contributed by atoms with van der Waals surface area (Å²) in [5.41, 5.74) is -1.65. The highest BCUT2D eigenvalue weighted by Gasteiger charge is 2.33. The van der Waals surface area contributed by atoms with Crippen molar-refractivity contribution in [1.29, 1.82) is 0 Å². The van der Waals surface area contributed by atoms with E-state index in [1.54, 1.807) is 39.0 Å². The highest BCUT2D eigenvalue weighted by Crippen LogP contribution is 2.31. The van der Waals surface area contributed by atoms with Crippen molar-refractivity contribution in [2.24, 2.45) is 5.41 Å². The molecule has 0 unspecified atom stereocenters. The van der Waals surface area contributed by atoms with Crippen LogP contribution in [0.1, 0.15) is 40.1 Å². The van der Waals surface area contributed by atoms with Crippen LogP contribution in [0.3, 0.4) is 0 Å². The van der Waals surface area contributed by atoms with Crippen LogP contribution in [0.25, 0.3) is 0 Å². The number of aryl methyl sites for hydroxylation is 1. The molecule has 3 rings (SSSR count). The molecule has 8 nitrogen and oxygen atoms in total. The first-order valence-corrected chi connectivity index (χ1v) is 11.9. The number of hydrogen-bond donors (Lipinski definition) is 3. The van der Waals surface area contributed by atoms with Gasteiger partial charge in [0.2, 0.25) is 0 Å². The van der Waals surface area contributed by atoms with Gasteiger partial charge < -0.3 is 20.4 Å². The van der Waals surface area contributed by atoms with E-state index in [0.717, 1.165) is 9.64 Å². The molecule has 1 fully saturated rings. The lowest BCUT2D eigenvalue weighted by molar-refractivity contribution is -0.148. The van der Waals surface area contributed by atoms with Crippen molar-refractivity contribution in [2.75, 3.05) is 38.0 Å². The van der Waals surface area contributed by atoms with E-state index in [-0.39, 0.29) is 19.6 Å².